The average Bonchev–Trinajstić information content (AvgIpc) is 2.16. The molecule has 0 saturated carbocycles. The van der Waals surface area contributed by atoms with Crippen molar-refractivity contribution in [3.05, 3.63) is 42.0 Å². The summed E-state index contributed by atoms with van der Waals surface area (Å²) < 4.78 is 0. The Morgan fingerprint density at radius 1 is 1.00 bits per heavy atom. The monoisotopic (exact) mass is 173 g/mol. The number of benzene rings is 2. The van der Waals surface area contributed by atoms with E-state index >= 15 is 0 Å². The highest BCUT2D eigenvalue weighted by molar-refractivity contribution is 5.84. The van der Waals surface area contributed by atoms with E-state index < -0.39 is 0 Å². The molecule has 0 fully saturated rings. The van der Waals surface area contributed by atoms with Crippen LogP contribution in [0.2, 0.25) is 0 Å². The second-order valence-corrected chi connectivity index (χ2v) is 3.07. The predicted octanol–water partition coefficient (Wildman–Crippen LogP) is 2.00. The largest absolute Gasteiger partial charge is 0.508 e. The number of aromatic hydroxyl groups is 1. The van der Waals surface area contributed by atoms with Crippen molar-refractivity contribution < 1.29 is 5.11 Å². The molecule has 0 heterocycles. The van der Waals surface area contributed by atoms with Crippen LogP contribution >= 0.6 is 0 Å². The van der Waals surface area contributed by atoms with E-state index in [1.54, 1.807) is 12.1 Å². The summed E-state index contributed by atoms with van der Waals surface area (Å²) in [6.07, 6.45) is 0. The van der Waals surface area contributed by atoms with Gasteiger partial charge >= 0.3 is 0 Å². The topological polar surface area (TPSA) is 46.2 Å². The molecule has 2 nitrogen and oxygen atoms in total. The Morgan fingerprint density at radius 2 is 1.77 bits per heavy atom. The lowest BCUT2D eigenvalue weighted by Crippen LogP contribution is -1.95. The quantitative estimate of drug-likeness (QED) is 0.692. The van der Waals surface area contributed by atoms with Gasteiger partial charge in [-0.2, -0.15) is 0 Å². The molecule has 0 aliphatic heterocycles. The Bertz CT molecular complexity index is 437. The molecule has 0 aromatic heterocycles. The normalized spacial score (nSPS) is 10.5. The highest BCUT2D eigenvalue weighted by Crippen LogP contribution is 2.20. The van der Waals surface area contributed by atoms with Gasteiger partial charge in [0, 0.05) is 6.54 Å². The van der Waals surface area contributed by atoms with Crippen molar-refractivity contribution in [3.63, 3.8) is 0 Å². The van der Waals surface area contributed by atoms with Crippen molar-refractivity contribution in [2.75, 3.05) is 0 Å². The molecular formula is C11H11NO. The zero-order valence-electron chi connectivity index (χ0n) is 7.20. The van der Waals surface area contributed by atoms with Gasteiger partial charge in [-0.05, 0) is 34.5 Å². The maximum absolute atomic E-state index is 9.26. The van der Waals surface area contributed by atoms with E-state index in [0.29, 0.717) is 12.3 Å². The molecule has 0 saturated heterocycles. The zero-order valence-corrected chi connectivity index (χ0v) is 7.20. The van der Waals surface area contributed by atoms with Crippen molar-refractivity contribution in [1.29, 1.82) is 0 Å². The molecule has 0 spiro atoms. The average molecular weight is 173 g/mol. The molecule has 0 radical (unpaired) electrons. The molecule has 0 atom stereocenters. The van der Waals surface area contributed by atoms with Crippen molar-refractivity contribution in [2.45, 2.75) is 6.54 Å². The van der Waals surface area contributed by atoms with E-state index in [1.165, 1.54) is 0 Å². The van der Waals surface area contributed by atoms with Crippen LogP contribution in [0, 0.1) is 0 Å². The lowest BCUT2D eigenvalue weighted by atomic mass is 10.1. The van der Waals surface area contributed by atoms with E-state index in [-0.39, 0.29) is 0 Å². The standard InChI is InChI=1S/C11H11NO/c12-7-8-1-2-9-3-4-11(13)6-10(9)5-8/h1-6,13H,7,12H2. The predicted molar refractivity (Wildman–Crippen MR) is 53.5 cm³/mol. The molecular weight excluding hydrogens is 162 g/mol. The zero-order chi connectivity index (χ0) is 9.26. The molecule has 2 aromatic carbocycles. The van der Waals surface area contributed by atoms with Crippen LogP contribution in [0.25, 0.3) is 10.8 Å². The van der Waals surface area contributed by atoms with Crippen LogP contribution in [-0.2, 0) is 6.54 Å². The van der Waals surface area contributed by atoms with Crippen molar-refractivity contribution in [1.82, 2.24) is 0 Å². The first-order valence-corrected chi connectivity index (χ1v) is 4.21. The van der Waals surface area contributed by atoms with Gasteiger partial charge in [0.05, 0.1) is 0 Å². The number of rotatable bonds is 1. The van der Waals surface area contributed by atoms with Crippen LogP contribution in [0.4, 0.5) is 0 Å². The summed E-state index contributed by atoms with van der Waals surface area (Å²) in [5.41, 5.74) is 6.60. The lowest BCUT2D eigenvalue weighted by Gasteiger charge is -2.01. The number of fused-ring (bicyclic) bond motifs is 1. The maximum Gasteiger partial charge on any atom is 0.116 e. The Kier molecular flexibility index (Phi) is 1.91. The van der Waals surface area contributed by atoms with Crippen molar-refractivity contribution in [2.24, 2.45) is 5.73 Å². The summed E-state index contributed by atoms with van der Waals surface area (Å²) in [6.45, 7) is 0.533. The molecule has 2 rings (SSSR count). The third kappa shape index (κ3) is 1.48. The smallest absolute Gasteiger partial charge is 0.116 e. The van der Waals surface area contributed by atoms with E-state index in [2.05, 4.69) is 0 Å². The van der Waals surface area contributed by atoms with E-state index in [4.69, 9.17) is 5.73 Å². The van der Waals surface area contributed by atoms with Crippen LogP contribution in [0.3, 0.4) is 0 Å². The number of hydrogen-bond acceptors (Lipinski definition) is 2. The van der Waals surface area contributed by atoms with Gasteiger partial charge in [-0.1, -0.05) is 18.2 Å². The summed E-state index contributed by atoms with van der Waals surface area (Å²) in [7, 11) is 0. The summed E-state index contributed by atoms with van der Waals surface area (Å²) in [6, 6.07) is 11.3. The summed E-state index contributed by atoms with van der Waals surface area (Å²) in [5.74, 6) is 0.293. The van der Waals surface area contributed by atoms with Crippen LogP contribution in [-0.4, -0.2) is 5.11 Å². The minimum Gasteiger partial charge on any atom is -0.508 e. The SMILES string of the molecule is NCc1ccc2ccc(O)cc2c1. The van der Waals surface area contributed by atoms with Crippen LogP contribution in [0.1, 0.15) is 5.56 Å². The first kappa shape index (κ1) is 8.08. The fourth-order valence-corrected chi connectivity index (χ4v) is 1.41. The number of hydrogen-bond donors (Lipinski definition) is 2. The Labute approximate surface area is 76.6 Å². The molecule has 0 amide bonds. The van der Waals surface area contributed by atoms with Gasteiger partial charge in [0.2, 0.25) is 0 Å². The van der Waals surface area contributed by atoms with Crippen molar-refractivity contribution in [3.8, 4) is 5.75 Å². The van der Waals surface area contributed by atoms with Gasteiger partial charge in [-0.3, -0.25) is 0 Å². The molecule has 0 aliphatic carbocycles. The third-order valence-corrected chi connectivity index (χ3v) is 2.12. The molecule has 0 unspecified atom stereocenters. The van der Waals surface area contributed by atoms with Gasteiger partial charge in [-0.15, -0.1) is 0 Å². The van der Waals surface area contributed by atoms with Gasteiger partial charge in [-0.25, -0.2) is 0 Å². The van der Waals surface area contributed by atoms with Gasteiger partial charge in [0.25, 0.3) is 0 Å². The lowest BCUT2D eigenvalue weighted by molar-refractivity contribution is 0.476. The van der Waals surface area contributed by atoms with Crippen LogP contribution in [0.5, 0.6) is 5.75 Å². The summed E-state index contributed by atoms with van der Waals surface area (Å²) >= 11 is 0. The first-order chi connectivity index (χ1) is 6.29. The first-order valence-electron chi connectivity index (χ1n) is 4.21. The van der Waals surface area contributed by atoms with Gasteiger partial charge in [0.15, 0.2) is 0 Å². The van der Waals surface area contributed by atoms with Crippen molar-refractivity contribution >= 4 is 10.8 Å². The highest BCUT2D eigenvalue weighted by Gasteiger charge is 1.95. The number of phenols is 1. The van der Waals surface area contributed by atoms with Gasteiger partial charge in [0.1, 0.15) is 5.75 Å². The highest BCUT2D eigenvalue weighted by atomic mass is 16.3. The minimum absolute atomic E-state index is 0.293. The summed E-state index contributed by atoms with van der Waals surface area (Å²) in [5, 5.41) is 11.4. The number of nitrogens with two attached hydrogens (primary N) is 1. The Hall–Kier alpha value is -1.54. The second-order valence-electron chi connectivity index (χ2n) is 3.07. The van der Waals surface area contributed by atoms with E-state index in [0.717, 1.165) is 16.3 Å². The maximum atomic E-state index is 9.26. The fraction of sp³-hybridized carbons (Fsp3) is 0.0909. The van der Waals surface area contributed by atoms with Gasteiger partial charge < -0.3 is 10.8 Å². The van der Waals surface area contributed by atoms with Crippen LogP contribution in [0.15, 0.2) is 36.4 Å². The Morgan fingerprint density at radius 3 is 2.54 bits per heavy atom. The summed E-state index contributed by atoms with van der Waals surface area (Å²) in [4.78, 5) is 0. The number of phenolic OH excluding ortho intramolecular Hbond substituents is 1. The Balaban J connectivity index is 2.68. The second kappa shape index (κ2) is 3.07. The van der Waals surface area contributed by atoms with E-state index in [1.807, 2.05) is 24.3 Å². The molecule has 3 N–H and O–H groups in total. The minimum atomic E-state index is 0.293. The fourth-order valence-electron chi connectivity index (χ4n) is 1.41. The van der Waals surface area contributed by atoms with E-state index in [9.17, 15) is 5.11 Å². The third-order valence-electron chi connectivity index (χ3n) is 2.12. The molecule has 0 bridgehead atoms. The molecule has 2 heteroatoms. The molecule has 13 heavy (non-hydrogen) atoms. The molecule has 2 aromatic rings. The molecule has 66 valence electrons. The van der Waals surface area contributed by atoms with Crippen LogP contribution < -0.4 is 5.73 Å². The molecule has 0 aliphatic rings.